The molecule has 104 valence electrons. The van der Waals surface area contributed by atoms with E-state index in [1.807, 2.05) is 0 Å². The van der Waals surface area contributed by atoms with Crippen LogP contribution in [0.25, 0.3) is 0 Å². The molecule has 2 N–H and O–H groups in total. The van der Waals surface area contributed by atoms with Gasteiger partial charge in [0, 0.05) is 10.6 Å². The van der Waals surface area contributed by atoms with Crippen LogP contribution in [0.1, 0.15) is 17.3 Å². The van der Waals surface area contributed by atoms with Crippen LogP contribution in [0.5, 0.6) is 0 Å². The summed E-state index contributed by atoms with van der Waals surface area (Å²) in [6.07, 6.45) is -5.13. The van der Waals surface area contributed by atoms with Crippen molar-refractivity contribution in [2.75, 3.05) is 0 Å². The van der Waals surface area contributed by atoms with Crippen molar-refractivity contribution in [2.24, 2.45) is 0 Å². The fourth-order valence-corrected chi connectivity index (χ4v) is 1.36. The molecular weight excluding hydrogens is 287 g/mol. The standard InChI is InChI=1S/C11H9ClF3NO3/c1-10(9(18)19,11(13,14)15)16-8(17)6-3-2-4-7(12)5-6/h2-5H,1H3,(H,16,17)(H,18,19). The van der Waals surface area contributed by atoms with Gasteiger partial charge in [0.2, 0.25) is 5.54 Å². The first kappa shape index (κ1) is 15.3. The summed E-state index contributed by atoms with van der Waals surface area (Å²) in [5.74, 6) is -3.37. The van der Waals surface area contributed by atoms with Gasteiger partial charge in [0.25, 0.3) is 5.91 Å². The van der Waals surface area contributed by atoms with Crippen molar-refractivity contribution >= 4 is 23.5 Å². The predicted octanol–water partition coefficient (Wildman–Crippen LogP) is 2.48. The van der Waals surface area contributed by atoms with E-state index in [0.717, 1.165) is 6.07 Å². The summed E-state index contributed by atoms with van der Waals surface area (Å²) in [5.41, 5.74) is -3.53. The minimum Gasteiger partial charge on any atom is -0.479 e. The van der Waals surface area contributed by atoms with Crippen LogP contribution < -0.4 is 5.32 Å². The monoisotopic (exact) mass is 295 g/mol. The Bertz CT molecular complexity index is 518. The number of carbonyl (C=O) groups excluding carboxylic acids is 1. The van der Waals surface area contributed by atoms with Gasteiger partial charge in [-0.1, -0.05) is 17.7 Å². The Morgan fingerprint density at radius 3 is 2.32 bits per heavy atom. The summed E-state index contributed by atoms with van der Waals surface area (Å²) < 4.78 is 38.1. The Hall–Kier alpha value is -1.76. The average molecular weight is 296 g/mol. The number of alkyl halides is 3. The maximum absolute atomic E-state index is 12.7. The molecule has 1 unspecified atom stereocenters. The van der Waals surface area contributed by atoms with E-state index in [2.05, 4.69) is 0 Å². The van der Waals surface area contributed by atoms with E-state index in [0.29, 0.717) is 6.92 Å². The van der Waals surface area contributed by atoms with Crippen molar-refractivity contribution in [3.63, 3.8) is 0 Å². The first-order valence-electron chi connectivity index (χ1n) is 4.96. The van der Waals surface area contributed by atoms with Crippen molar-refractivity contribution in [1.82, 2.24) is 5.32 Å². The molecule has 0 heterocycles. The summed E-state index contributed by atoms with van der Waals surface area (Å²) in [5, 5.41) is 10.3. The molecule has 0 radical (unpaired) electrons. The quantitative estimate of drug-likeness (QED) is 0.900. The SMILES string of the molecule is CC(NC(=O)c1cccc(Cl)c1)(C(=O)O)C(F)(F)F. The molecule has 0 saturated heterocycles. The molecule has 1 amide bonds. The molecule has 0 bridgehead atoms. The molecule has 0 aliphatic heterocycles. The molecule has 19 heavy (non-hydrogen) atoms. The van der Waals surface area contributed by atoms with E-state index in [1.54, 1.807) is 0 Å². The highest BCUT2D eigenvalue weighted by Gasteiger charge is 2.58. The summed E-state index contributed by atoms with van der Waals surface area (Å²) >= 11 is 5.59. The minimum atomic E-state index is -5.13. The number of carboxylic acid groups (broad SMARTS) is 1. The van der Waals surface area contributed by atoms with E-state index in [-0.39, 0.29) is 10.6 Å². The number of aliphatic carboxylic acids is 1. The number of halogens is 4. The van der Waals surface area contributed by atoms with Gasteiger partial charge in [-0.05, 0) is 25.1 Å². The van der Waals surface area contributed by atoms with Gasteiger partial charge >= 0.3 is 12.1 Å². The number of hydrogen-bond acceptors (Lipinski definition) is 2. The molecule has 0 aliphatic carbocycles. The average Bonchev–Trinajstić information content (AvgIpc) is 2.27. The molecule has 1 atom stereocenters. The highest BCUT2D eigenvalue weighted by molar-refractivity contribution is 6.31. The number of benzene rings is 1. The molecule has 1 rings (SSSR count). The minimum absolute atomic E-state index is 0.150. The van der Waals surface area contributed by atoms with Gasteiger partial charge in [0.15, 0.2) is 0 Å². The Morgan fingerprint density at radius 1 is 1.32 bits per heavy atom. The normalized spacial score (nSPS) is 14.6. The zero-order valence-corrected chi connectivity index (χ0v) is 10.3. The molecule has 0 saturated carbocycles. The van der Waals surface area contributed by atoms with Crippen LogP contribution in [0, 0.1) is 0 Å². The molecule has 0 spiro atoms. The number of nitrogens with one attached hydrogen (secondary N) is 1. The maximum atomic E-state index is 12.7. The lowest BCUT2D eigenvalue weighted by atomic mass is 10.0. The second kappa shape index (κ2) is 5.08. The van der Waals surface area contributed by atoms with Crippen molar-refractivity contribution in [3.05, 3.63) is 34.9 Å². The van der Waals surface area contributed by atoms with Crippen LogP contribution in [-0.2, 0) is 4.79 Å². The number of carbonyl (C=O) groups is 2. The Labute approximate surface area is 111 Å². The maximum Gasteiger partial charge on any atom is 0.422 e. The highest BCUT2D eigenvalue weighted by Crippen LogP contribution is 2.30. The van der Waals surface area contributed by atoms with Gasteiger partial charge in [-0.2, -0.15) is 13.2 Å². The van der Waals surface area contributed by atoms with Crippen molar-refractivity contribution in [3.8, 4) is 0 Å². The van der Waals surface area contributed by atoms with Gasteiger partial charge in [-0.15, -0.1) is 0 Å². The van der Waals surface area contributed by atoms with Gasteiger partial charge in [-0.25, -0.2) is 4.79 Å². The first-order valence-corrected chi connectivity index (χ1v) is 5.34. The van der Waals surface area contributed by atoms with Crippen molar-refractivity contribution in [2.45, 2.75) is 18.6 Å². The third kappa shape index (κ3) is 3.17. The fraction of sp³-hybridized carbons (Fsp3) is 0.273. The molecule has 4 nitrogen and oxygen atoms in total. The van der Waals surface area contributed by atoms with E-state index in [4.69, 9.17) is 16.7 Å². The summed E-state index contributed by atoms with van der Waals surface area (Å²) in [6, 6.07) is 5.15. The third-order valence-corrected chi connectivity index (χ3v) is 2.68. The van der Waals surface area contributed by atoms with Crippen LogP contribution in [0.2, 0.25) is 5.02 Å². The molecular formula is C11H9ClF3NO3. The van der Waals surface area contributed by atoms with Crippen LogP contribution in [0.4, 0.5) is 13.2 Å². The zero-order chi connectivity index (χ0) is 14.8. The van der Waals surface area contributed by atoms with E-state index in [1.165, 1.54) is 23.5 Å². The largest absolute Gasteiger partial charge is 0.479 e. The number of carboxylic acids is 1. The molecule has 0 aromatic heterocycles. The van der Waals surface area contributed by atoms with E-state index in [9.17, 15) is 22.8 Å². The first-order chi connectivity index (χ1) is 8.58. The van der Waals surface area contributed by atoms with Gasteiger partial charge in [0.1, 0.15) is 0 Å². The predicted molar refractivity (Wildman–Crippen MR) is 61.0 cm³/mol. The second-order valence-electron chi connectivity index (χ2n) is 3.89. The van der Waals surface area contributed by atoms with Crippen LogP contribution in [0.3, 0.4) is 0 Å². The van der Waals surface area contributed by atoms with Crippen molar-refractivity contribution in [1.29, 1.82) is 0 Å². The van der Waals surface area contributed by atoms with Crippen molar-refractivity contribution < 1.29 is 27.9 Å². The van der Waals surface area contributed by atoms with E-state index >= 15 is 0 Å². The van der Waals surface area contributed by atoms with Gasteiger partial charge in [0.05, 0.1) is 0 Å². The van der Waals surface area contributed by atoms with Crippen LogP contribution in [-0.4, -0.2) is 28.7 Å². The molecule has 0 aliphatic rings. The van der Waals surface area contributed by atoms with Gasteiger partial charge < -0.3 is 10.4 Å². The fourth-order valence-electron chi connectivity index (χ4n) is 1.17. The number of amides is 1. The highest BCUT2D eigenvalue weighted by atomic mass is 35.5. The second-order valence-corrected chi connectivity index (χ2v) is 4.33. The third-order valence-electron chi connectivity index (χ3n) is 2.45. The summed E-state index contributed by atoms with van der Waals surface area (Å²) in [6.45, 7) is 0.373. The smallest absolute Gasteiger partial charge is 0.422 e. The number of rotatable bonds is 3. The van der Waals surface area contributed by atoms with Gasteiger partial charge in [-0.3, -0.25) is 4.79 Å². The zero-order valence-electron chi connectivity index (χ0n) is 9.58. The molecule has 8 heteroatoms. The molecule has 0 fully saturated rings. The Morgan fingerprint density at radius 2 is 1.89 bits per heavy atom. The topological polar surface area (TPSA) is 66.4 Å². The lowest BCUT2D eigenvalue weighted by Crippen LogP contribution is -2.61. The van der Waals surface area contributed by atoms with Crippen LogP contribution >= 0.6 is 11.6 Å². The Kier molecular flexibility index (Phi) is 4.09. The molecule has 1 aromatic rings. The lowest BCUT2D eigenvalue weighted by Gasteiger charge is -2.28. The Balaban J connectivity index is 3.06. The summed E-state index contributed by atoms with van der Waals surface area (Å²) in [4.78, 5) is 22.4. The van der Waals surface area contributed by atoms with Crippen LogP contribution in [0.15, 0.2) is 24.3 Å². The molecule has 1 aromatic carbocycles. The number of hydrogen-bond donors (Lipinski definition) is 2. The lowest BCUT2D eigenvalue weighted by molar-refractivity contribution is -0.203. The van der Waals surface area contributed by atoms with E-state index < -0.39 is 23.6 Å². The summed E-state index contributed by atoms with van der Waals surface area (Å²) in [7, 11) is 0.